The van der Waals surface area contributed by atoms with Gasteiger partial charge in [0.05, 0.1) is 17.9 Å². The Hall–Kier alpha value is -1.35. The van der Waals surface area contributed by atoms with Crippen LogP contribution in [0.4, 0.5) is 4.39 Å². The number of rotatable bonds is 3. The monoisotopic (exact) mass is 264 g/mol. The van der Waals surface area contributed by atoms with Crippen molar-refractivity contribution in [3.05, 3.63) is 47.3 Å². The molecule has 1 aromatic carbocycles. The number of hydrogen-bond donors (Lipinski definition) is 0. The minimum absolute atomic E-state index is 0.184. The summed E-state index contributed by atoms with van der Waals surface area (Å²) in [5, 5.41) is 0. The van der Waals surface area contributed by atoms with Crippen LogP contribution in [0.2, 0.25) is 0 Å². The molecule has 0 saturated heterocycles. The van der Waals surface area contributed by atoms with Crippen LogP contribution in [0.25, 0.3) is 5.69 Å². The van der Waals surface area contributed by atoms with Gasteiger partial charge in [0.25, 0.3) is 0 Å². The van der Waals surface area contributed by atoms with Crippen LogP contribution in [-0.2, 0) is 5.88 Å². The zero-order valence-corrected chi connectivity index (χ0v) is 10.9. The molecular formula is C14H14ClFN2. The van der Waals surface area contributed by atoms with E-state index in [-0.39, 0.29) is 11.7 Å². The highest BCUT2D eigenvalue weighted by molar-refractivity contribution is 6.17. The Morgan fingerprint density at radius 2 is 2.22 bits per heavy atom. The van der Waals surface area contributed by atoms with Gasteiger partial charge in [-0.05, 0) is 37.5 Å². The Labute approximate surface area is 110 Å². The predicted molar refractivity (Wildman–Crippen MR) is 69.8 cm³/mol. The number of benzene rings is 1. The number of halogens is 2. The van der Waals surface area contributed by atoms with Crippen molar-refractivity contribution in [3.63, 3.8) is 0 Å². The molecule has 1 aromatic heterocycles. The fourth-order valence-corrected chi connectivity index (χ4v) is 2.35. The molecule has 0 N–H and O–H groups in total. The van der Waals surface area contributed by atoms with Crippen LogP contribution in [0.15, 0.2) is 24.7 Å². The maximum absolute atomic E-state index is 13.6. The predicted octanol–water partition coefficient (Wildman–Crippen LogP) is 3.94. The van der Waals surface area contributed by atoms with Crippen molar-refractivity contribution in [2.45, 2.75) is 31.6 Å². The fourth-order valence-electron chi connectivity index (χ4n) is 2.14. The first kappa shape index (κ1) is 11.7. The van der Waals surface area contributed by atoms with Crippen LogP contribution in [0.3, 0.4) is 0 Å². The first-order chi connectivity index (χ1) is 8.69. The number of aryl methyl sites for hydroxylation is 1. The maximum Gasteiger partial charge on any atom is 0.128 e. The molecule has 18 heavy (non-hydrogen) atoms. The van der Waals surface area contributed by atoms with Gasteiger partial charge >= 0.3 is 0 Å². The topological polar surface area (TPSA) is 17.8 Å². The quantitative estimate of drug-likeness (QED) is 0.768. The molecule has 1 saturated carbocycles. The zero-order chi connectivity index (χ0) is 12.7. The molecule has 1 fully saturated rings. The summed E-state index contributed by atoms with van der Waals surface area (Å²) in [5.41, 5.74) is 3.50. The lowest BCUT2D eigenvalue weighted by atomic mass is 10.1. The van der Waals surface area contributed by atoms with E-state index >= 15 is 0 Å². The number of nitrogens with zero attached hydrogens (tertiary/aromatic N) is 2. The number of alkyl halides is 1. The van der Waals surface area contributed by atoms with Crippen molar-refractivity contribution in [1.29, 1.82) is 0 Å². The van der Waals surface area contributed by atoms with E-state index < -0.39 is 0 Å². The van der Waals surface area contributed by atoms with Crippen molar-refractivity contribution in [2.24, 2.45) is 0 Å². The average Bonchev–Trinajstić information content (AvgIpc) is 3.09. The van der Waals surface area contributed by atoms with Crippen LogP contribution in [-0.4, -0.2) is 9.55 Å². The van der Waals surface area contributed by atoms with Gasteiger partial charge in [0.2, 0.25) is 0 Å². The van der Waals surface area contributed by atoms with E-state index in [1.165, 1.54) is 18.9 Å². The molecule has 2 nitrogen and oxygen atoms in total. The molecule has 0 bridgehead atoms. The molecule has 1 aliphatic carbocycles. The van der Waals surface area contributed by atoms with Crippen molar-refractivity contribution in [2.75, 3.05) is 0 Å². The van der Waals surface area contributed by atoms with Gasteiger partial charge in [-0.25, -0.2) is 9.37 Å². The highest BCUT2D eigenvalue weighted by Crippen LogP contribution is 2.39. The van der Waals surface area contributed by atoms with E-state index in [1.807, 2.05) is 17.7 Å². The minimum Gasteiger partial charge on any atom is -0.306 e. The highest BCUT2D eigenvalue weighted by Gasteiger charge is 2.26. The molecule has 0 unspecified atom stereocenters. The summed E-state index contributed by atoms with van der Waals surface area (Å²) in [6.07, 6.45) is 6.29. The molecule has 0 atom stereocenters. The number of imidazole rings is 1. The van der Waals surface area contributed by atoms with Crippen LogP contribution < -0.4 is 0 Å². The standard InChI is InChI=1S/C14H14ClFN2/c1-9-4-12(16)11(6-15)5-14(9)18-7-13(17-8-18)10-2-3-10/h4-5,7-8,10H,2-3,6H2,1H3. The van der Waals surface area contributed by atoms with Gasteiger partial charge in [0, 0.05) is 23.4 Å². The third-order valence-corrected chi connectivity index (χ3v) is 3.67. The van der Waals surface area contributed by atoms with Gasteiger partial charge in [-0.1, -0.05) is 0 Å². The summed E-state index contributed by atoms with van der Waals surface area (Å²) in [4.78, 5) is 4.41. The normalized spacial score (nSPS) is 15.1. The third-order valence-electron chi connectivity index (χ3n) is 3.39. The highest BCUT2D eigenvalue weighted by atomic mass is 35.5. The molecule has 0 spiro atoms. The van der Waals surface area contributed by atoms with E-state index in [0.29, 0.717) is 11.5 Å². The zero-order valence-electron chi connectivity index (χ0n) is 10.2. The summed E-state index contributed by atoms with van der Waals surface area (Å²) in [6.45, 7) is 1.90. The Morgan fingerprint density at radius 3 is 2.89 bits per heavy atom. The summed E-state index contributed by atoms with van der Waals surface area (Å²) < 4.78 is 15.5. The van der Waals surface area contributed by atoms with Crippen LogP contribution >= 0.6 is 11.6 Å². The van der Waals surface area contributed by atoms with Crippen molar-refractivity contribution in [1.82, 2.24) is 9.55 Å². The maximum atomic E-state index is 13.6. The molecule has 2 aromatic rings. The largest absolute Gasteiger partial charge is 0.306 e. The SMILES string of the molecule is Cc1cc(F)c(CCl)cc1-n1cnc(C2CC2)c1. The molecule has 1 aliphatic rings. The molecule has 1 heterocycles. The van der Waals surface area contributed by atoms with E-state index in [4.69, 9.17) is 11.6 Å². The third kappa shape index (κ3) is 2.03. The number of aromatic nitrogens is 2. The van der Waals surface area contributed by atoms with E-state index in [9.17, 15) is 4.39 Å². The van der Waals surface area contributed by atoms with E-state index in [0.717, 1.165) is 16.9 Å². The molecule has 94 valence electrons. The molecule has 3 rings (SSSR count). The summed E-state index contributed by atoms with van der Waals surface area (Å²) in [7, 11) is 0. The second-order valence-electron chi connectivity index (χ2n) is 4.84. The van der Waals surface area contributed by atoms with Crippen molar-refractivity contribution < 1.29 is 4.39 Å². The van der Waals surface area contributed by atoms with E-state index in [2.05, 4.69) is 4.98 Å². The van der Waals surface area contributed by atoms with E-state index in [1.54, 1.807) is 12.4 Å². The molecular weight excluding hydrogens is 251 g/mol. The van der Waals surface area contributed by atoms with Gasteiger partial charge in [-0.2, -0.15) is 0 Å². The average molecular weight is 265 g/mol. The molecule has 0 radical (unpaired) electrons. The van der Waals surface area contributed by atoms with Crippen molar-refractivity contribution >= 4 is 11.6 Å². The fraction of sp³-hybridized carbons (Fsp3) is 0.357. The Bertz CT molecular complexity index is 587. The second-order valence-corrected chi connectivity index (χ2v) is 5.11. The van der Waals surface area contributed by atoms with Crippen LogP contribution in [0, 0.1) is 12.7 Å². The van der Waals surface area contributed by atoms with Gasteiger partial charge in [0.15, 0.2) is 0 Å². The summed E-state index contributed by atoms with van der Waals surface area (Å²) in [5.74, 6) is 0.566. The Morgan fingerprint density at radius 1 is 1.44 bits per heavy atom. The molecule has 0 aliphatic heterocycles. The molecule has 0 amide bonds. The lowest BCUT2D eigenvalue weighted by Crippen LogP contribution is -1.98. The molecule has 4 heteroatoms. The second kappa shape index (κ2) is 4.39. The lowest BCUT2D eigenvalue weighted by molar-refractivity contribution is 0.615. The minimum atomic E-state index is -0.242. The van der Waals surface area contributed by atoms with Gasteiger partial charge in [0.1, 0.15) is 5.82 Å². The first-order valence-corrected chi connectivity index (χ1v) is 6.61. The van der Waals surface area contributed by atoms with Crippen LogP contribution in [0.5, 0.6) is 0 Å². The van der Waals surface area contributed by atoms with Gasteiger partial charge < -0.3 is 4.57 Å². The number of hydrogen-bond acceptors (Lipinski definition) is 1. The summed E-state index contributed by atoms with van der Waals surface area (Å²) >= 11 is 5.74. The van der Waals surface area contributed by atoms with Gasteiger partial charge in [-0.3, -0.25) is 0 Å². The van der Waals surface area contributed by atoms with Crippen molar-refractivity contribution in [3.8, 4) is 5.69 Å². The van der Waals surface area contributed by atoms with Gasteiger partial charge in [-0.15, -0.1) is 11.6 Å². The summed E-state index contributed by atoms with van der Waals surface area (Å²) in [6, 6.07) is 3.33. The smallest absolute Gasteiger partial charge is 0.128 e. The van der Waals surface area contributed by atoms with Crippen LogP contribution in [0.1, 0.15) is 35.6 Å². The lowest BCUT2D eigenvalue weighted by Gasteiger charge is -2.09. The Balaban J connectivity index is 2.03. The first-order valence-electron chi connectivity index (χ1n) is 6.08. The Kier molecular flexibility index (Phi) is 2.86.